The molecular formula is C20H21F5N4O. The maximum Gasteiger partial charge on any atom is 0.437 e. The van der Waals surface area contributed by atoms with Crippen LogP contribution < -0.4 is 5.73 Å². The molecule has 2 aromatic rings. The Morgan fingerprint density at radius 2 is 1.90 bits per heavy atom. The Bertz CT molecular complexity index is 944. The van der Waals surface area contributed by atoms with Crippen molar-refractivity contribution in [1.82, 2.24) is 14.9 Å². The van der Waals surface area contributed by atoms with Crippen LogP contribution in [0.25, 0.3) is 17.3 Å². The van der Waals surface area contributed by atoms with Crippen LogP contribution in [-0.4, -0.2) is 34.7 Å². The molecule has 1 heterocycles. The lowest BCUT2D eigenvalue weighted by molar-refractivity contribution is -0.140. The van der Waals surface area contributed by atoms with Gasteiger partial charge in [-0.15, -0.1) is 0 Å². The van der Waals surface area contributed by atoms with Gasteiger partial charge in [0.2, 0.25) is 0 Å². The van der Waals surface area contributed by atoms with Crippen LogP contribution in [0, 0.1) is 11.6 Å². The third kappa shape index (κ3) is 5.31. The van der Waals surface area contributed by atoms with Crippen LogP contribution in [0.5, 0.6) is 0 Å². The molecule has 1 aromatic heterocycles. The molecular weight excluding hydrogens is 407 g/mol. The average Bonchev–Trinajstić information content (AvgIpc) is 2.67. The predicted molar refractivity (Wildman–Crippen MR) is 103 cm³/mol. The first-order valence-electron chi connectivity index (χ1n) is 9.15. The number of anilines is 1. The fraction of sp³-hybridized carbons (Fsp3) is 0.350. The molecule has 2 N–H and O–H groups in total. The third-order valence-electron chi connectivity index (χ3n) is 4.36. The van der Waals surface area contributed by atoms with E-state index in [2.05, 4.69) is 16.9 Å². The molecule has 162 valence electrons. The molecule has 0 saturated heterocycles. The van der Waals surface area contributed by atoms with Gasteiger partial charge in [-0.2, -0.15) is 13.2 Å². The number of hydrogen-bond donors (Lipinski definition) is 1. The van der Waals surface area contributed by atoms with Gasteiger partial charge in [-0.3, -0.25) is 4.79 Å². The number of aldehydes is 1. The number of unbranched alkanes of at least 4 members (excludes halogenated alkanes) is 2. The van der Waals surface area contributed by atoms with E-state index in [1.165, 1.54) is 6.08 Å². The minimum absolute atomic E-state index is 0.0431. The van der Waals surface area contributed by atoms with Crippen LogP contribution in [0.15, 0.2) is 18.5 Å². The second kappa shape index (κ2) is 9.64. The molecule has 5 nitrogen and oxygen atoms in total. The Balaban J connectivity index is 2.47. The SMILES string of the molecule is CCCCCN(C)/C=C\c1cc(-c2cnc(C(F)(F)F)c(N)n2)c(F)c(F)c1C=O. The highest BCUT2D eigenvalue weighted by atomic mass is 19.4. The Labute approximate surface area is 170 Å². The number of carbonyl (C=O) groups excluding carboxylic acids is 1. The van der Waals surface area contributed by atoms with Crippen molar-refractivity contribution in [2.45, 2.75) is 32.4 Å². The summed E-state index contributed by atoms with van der Waals surface area (Å²) >= 11 is 0. The van der Waals surface area contributed by atoms with Crippen molar-refractivity contribution in [2.75, 3.05) is 19.3 Å². The Morgan fingerprint density at radius 1 is 1.20 bits per heavy atom. The molecule has 10 heteroatoms. The molecule has 30 heavy (non-hydrogen) atoms. The van der Waals surface area contributed by atoms with E-state index in [9.17, 15) is 26.7 Å². The maximum absolute atomic E-state index is 14.5. The number of rotatable bonds is 8. The van der Waals surface area contributed by atoms with Crippen molar-refractivity contribution >= 4 is 18.2 Å². The number of aromatic nitrogens is 2. The number of benzene rings is 1. The van der Waals surface area contributed by atoms with Crippen LogP contribution in [0.1, 0.15) is 47.8 Å². The maximum atomic E-state index is 14.5. The second-order valence-electron chi connectivity index (χ2n) is 6.66. The molecule has 1 aromatic carbocycles. The van der Waals surface area contributed by atoms with Gasteiger partial charge in [0.25, 0.3) is 0 Å². The summed E-state index contributed by atoms with van der Waals surface area (Å²) in [6, 6.07) is 1.12. The second-order valence-corrected chi connectivity index (χ2v) is 6.66. The first-order valence-corrected chi connectivity index (χ1v) is 9.15. The van der Waals surface area contributed by atoms with Crippen molar-refractivity contribution in [2.24, 2.45) is 0 Å². The first-order chi connectivity index (χ1) is 14.1. The number of alkyl halides is 3. The normalized spacial score (nSPS) is 11.8. The van der Waals surface area contributed by atoms with E-state index in [4.69, 9.17) is 5.73 Å². The molecule has 0 amide bonds. The summed E-state index contributed by atoms with van der Waals surface area (Å²) in [4.78, 5) is 19.8. The van der Waals surface area contributed by atoms with E-state index < -0.39 is 40.4 Å². The zero-order valence-corrected chi connectivity index (χ0v) is 16.4. The zero-order valence-electron chi connectivity index (χ0n) is 16.4. The topological polar surface area (TPSA) is 72.1 Å². The van der Waals surface area contributed by atoms with Gasteiger partial charge in [0.1, 0.15) is 0 Å². The van der Waals surface area contributed by atoms with Gasteiger partial charge < -0.3 is 10.6 Å². The summed E-state index contributed by atoms with van der Waals surface area (Å²) in [5.41, 5.74) is 2.56. The van der Waals surface area contributed by atoms with Gasteiger partial charge in [0.15, 0.2) is 29.4 Å². The highest BCUT2D eigenvalue weighted by Crippen LogP contribution is 2.33. The van der Waals surface area contributed by atoms with Gasteiger partial charge in [-0.25, -0.2) is 18.7 Å². The monoisotopic (exact) mass is 428 g/mol. The van der Waals surface area contributed by atoms with Gasteiger partial charge in [-0.05, 0) is 30.3 Å². The standard InChI is InChI=1S/C20H21F5N4O/c1-3-4-5-7-29(2)8-6-12-9-13(16(21)17(22)14(12)11-30)15-10-27-18(19(26)28-15)20(23,24)25/h6,8-11H,3-5,7H2,1-2H3,(H2,26,28)/b8-6-. The summed E-state index contributed by atoms with van der Waals surface area (Å²) in [6.07, 6.45) is 2.01. The lowest BCUT2D eigenvalue weighted by Crippen LogP contribution is -2.13. The Kier molecular flexibility index (Phi) is 7.47. The molecule has 0 saturated carbocycles. The van der Waals surface area contributed by atoms with Gasteiger partial charge in [0.05, 0.1) is 17.5 Å². The van der Waals surface area contributed by atoms with Crippen molar-refractivity contribution in [3.05, 3.63) is 46.9 Å². The highest BCUT2D eigenvalue weighted by molar-refractivity contribution is 5.84. The van der Waals surface area contributed by atoms with Crippen molar-refractivity contribution in [3.8, 4) is 11.3 Å². The van der Waals surface area contributed by atoms with Crippen LogP contribution in [-0.2, 0) is 6.18 Å². The summed E-state index contributed by atoms with van der Waals surface area (Å²) in [5.74, 6) is -3.83. The van der Waals surface area contributed by atoms with Gasteiger partial charge in [-0.1, -0.05) is 19.8 Å². The van der Waals surface area contributed by atoms with Gasteiger partial charge in [0, 0.05) is 19.2 Å². The number of hydrogen-bond acceptors (Lipinski definition) is 5. The molecule has 0 spiro atoms. The molecule has 0 unspecified atom stereocenters. The first kappa shape index (κ1) is 23.2. The van der Waals surface area contributed by atoms with E-state index in [0.29, 0.717) is 6.20 Å². The van der Waals surface area contributed by atoms with Crippen molar-refractivity contribution in [3.63, 3.8) is 0 Å². The van der Waals surface area contributed by atoms with Crippen LogP contribution >= 0.6 is 0 Å². The summed E-state index contributed by atoms with van der Waals surface area (Å²) in [7, 11) is 1.79. The van der Waals surface area contributed by atoms with Crippen LogP contribution in [0.4, 0.5) is 27.8 Å². The van der Waals surface area contributed by atoms with E-state index in [0.717, 1.165) is 31.9 Å². The predicted octanol–water partition coefficient (Wildman–Crippen LogP) is 4.93. The molecule has 0 radical (unpaired) electrons. The van der Waals surface area contributed by atoms with E-state index in [1.807, 2.05) is 4.90 Å². The number of halogens is 5. The molecule has 0 bridgehead atoms. The number of nitrogen functional groups attached to an aromatic ring is 1. The largest absolute Gasteiger partial charge is 0.437 e. The highest BCUT2D eigenvalue weighted by Gasteiger charge is 2.36. The van der Waals surface area contributed by atoms with Gasteiger partial charge >= 0.3 is 6.18 Å². The minimum atomic E-state index is -4.84. The smallest absolute Gasteiger partial charge is 0.382 e. The third-order valence-corrected chi connectivity index (χ3v) is 4.36. The van der Waals surface area contributed by atoms with E-state index in [1.54, 1.807) is 13.2 Å². The molecule has 2 rings (SSSR count). The van der Waals surface area contributed by atoms with E-state index in [-0.39, 0.29) is 17.5 Å². The van der Waals surface area contributed by atoms with Crippen LogP contribution in [0.3, 0.4) is 0 Å². The number of nitrogens with zero attached hydrogens (tertiary/aromatic N) is 3. The van der Waals surface area contributed by atoms with E-state index >= 15 is 0 Å². The lowest BCUT2D eigenvalue weighted by Gasteiger charge is -2.14. The van der Waals surface area contributed by atoms with Crippen molar-refractivity contribution < 1.29 is 26.7 Å². The quantitative estimate of drug-likeness (QED) is 0.367. The number of nitrogens with two attached hydrogens (primary N) is 1. The lowest BCUT2D eigenvalue weighted by atomic mass is 10.0. The number of carbonyl (C=O) groups is 1. The zero-order chi connectivity index (χ0) is 22.5. The molecule has 0 aliphatic rings. The fourth-order valence-electron chi connectivity index (χ4n) is 2.75. The fourth-order valence-corrected chi connectivity index (χ4v) is 2.75. The molecule has 0 fully saturated rings. The summed E-state index contributed by atoms with van der Waals surface area (Å²) in [5, 5.41) is 0. The average molecular weight is 428 g/mol. The molecule has 0 aliphatic carbocycles. The van der Waals surface area contributed by atoms with Crippen LogP contribution in [0.2, 0.25) is 0 Å². The minimum Gasteiger partial charge on any atom is -0.382 e. The Morgan fingerprint density at radius 3 is 2.47 bits per heavy atom. The van der Waals surface area contributed by atoms with Crippen molar-refractivity contribution in [1.29, 1.82) is 0 Å². The summed E-state index contributed by atoms with van der Waals surface area (Å²) in [6.45, 7) is 2.78. The Hall–Kier alpha value is -3.04. The molecule has 0 atom stereocenters. The molecule has 0 aliphatic heterocycles. The summed E-state index contributed by atoms with van der Waals surface area (Å²) < 4.78 is 67.3.